The van der Waals surface area contributed by atoms with Crippen LogP contribution in [0.1, 0.15) is 28.2 Å². The van der Waals surface area contributed by atoms with Crippen molar-refractivity contribution >= 4 is 5.91 Å². The summed E-state index contributed by atoms with van der Waals surface area (Å²) in [6.45, 7) is 1.39. The number of aromatic hydroxyl groups is 1. The summed E-state index contributed by atoms with van der Waals surface area (Å²) in [4.78, 5) is 14.6. The first-order chi connectivity index (χ1) is 10.2. The van der Waals surface area contributed by atoms with Crippen LogP contribution >= 0.6 is 0 Å². The molecule has 2 aliphatic rings. The number of carbonyl (C=O) groups excluding carboxylic acids is 1. The largest absolute Gasteiger partial charge is 0.508 e. The molecule has 0 spiro atoms. The summed E-state index contributed by atoms with van der Waals surface area (Å²) < 4.78 is 0. The van der Waals surface area contributed by atoms with Gasteiger partial charge < -0.3 is 10.0 Å². The van der Waals surface area contributed by atoms with Crippen molar-refractivity contribution in [1.29, 1.82) is 0 Å². The van der Waals surface area contributed by atoms with Gasteiger partial charge in [-0.3, -0.25) is 4.79 Å². The van der Waals surface area contributed by atoms with E-state index in [9.17, 15) is 9.90 Å². The summed E-state index contributed by atoms with van der Waals surface area (Å²) in [5, 5.41) is 9.61. The first-order valence-corrected chi connectivity index (χ1v) is 7.40. The van der Waals surface area contributed by atoms with E-state index < -0.39 is 0 Å². The number of benzene rings is 2. The minimum atomic E-state index is 0.0278. The highest BCUT2D eigenvalue weighted by Crippen LogP contribution is 2.37. The second-order valence-electron chi connectivity index (χ2n) is 5.92. The Balaban J connectivity index is 1.55. The molecule has 1 heterocycles. The van der Waals surface area contributed by atoms with Gasteiger partial charge in [0.05, 0.1) is 5.92 Å². The Morgan fingerprint density at radius 2 is 1.95 bits per heavy atom. The molecule has 1 amide bonds. The highest BCUT2D eigenvalue weighted by molar-refractivity contribution is 5.87. The van der Waals surface area contributed by atoms with Crippen LogP contribution < -0.4 is 0 Å². The molecule has 1 N–H and O–H groups in total. The number of nitrogens with zero attached hydrogens (tertiary/aromatic N) is 1. The van der Waals surface area contributed by atoms with Gasteiger partial charge in [-0.2, -0.15) is 0 Å². The molecule has 1 aliphatic heterocycles. The van der Waals surface area contributed by atoms with Crippen molar-refractivity contribution in [3.63, 3.8) is 0 Å². The van der Waals surface area contributed by atoms with Gasteiger partial charge in [0, 0.05) is 13.1 Å². The number of phenolic OH excluding ortho intramolecular Hbond substituents is 1. The van der Waals surface area contributed by atoms with E-state index in [-0.39, 0.29) is 17.6 Å². The van der Waals surface area contributed by atoms with Crippen LogP contribution in [0.25, 0.3) is 0 Å². The molecule has 106 valence electrons. The van der Waals surface area contributed by atoms with E-state index in [1.54, 1.807) is 12.1 Å². The molecule has 1 atom stereocenters. The van der Waals surface area contributed by atoms with Crippen molar-refractivity contribution in [3.8, 4) is 5.75 Å². The Bertz CT molecular complexity index is 723. The lowest BCUT2D eigenvalue weighted by molar-refractivity contribution is -0.134. The molecular weight excluding hydrogens is 262 g/mol. The topological polar surface area (TPSA) is 40.5 Å². The molecule has 1 aliphatic carbocycles. The second-order valence-corrected chi connectivity index (χ2v) is 5.92. The third kappa shape index (κ3) is 2.00. The normalized spacial score (nSPS) is 19.4. The highest BCUT2D eigenvalue weighted by atomic mass is 16.3. The summed E-state index contributed by atoms with van der Waals surface area (Å²) in [5.41, 5.74) is 4.79. The van der Waals surface area contributed by atoms with Crippen LogP contribution in [-0.4, -0.2) is 22.5 Å². The molecule has 0 radical (unpaired) electrons. The van der Waals surface area contributed by atoms with Gasteiger partial charge in [0.25, 0.3) is 0 Å². The fourth-order valence-electron chi connectivity index (χ4n) is 3.43. The van der Waals surface area contributed by atoms with Crippen LogP contribution in [0.2, 0.25) is 0 Å². The van der Waals surface area contributed by atoms with Gasteiger partial charge in [0.15, 0.2) is 0 Å². The lowest BCUT2D eigenvalue weighted by atomic mass is 9.76. The van der Waals surface area contributed by atoms with E-state index in [0.717, 1.165) is 24.9 Å². The summed E-state index contributed by atoms with van der Waals surface area (Å²) in [7, 11) is 0. The average molecular weight is 279 g/mol. The van der Waals surface area contributed by atoms with Crippen molar-refractivity contribution < 1.29 is 9.90 Å². The molecular formula is C18H17NO2. The molecule has 3 nitrogen and oxygen atoms in total. The minimum Gasteiger partial charge on any atom is -0.508 e. The molecule has 3 heteroatoms. The van der Waals surface area contributed by atoms with Crippen molar-refractivity contribution in [3.05, 3.63) is 64.7 Å². The second kappa shape index (κ2) is 4.62. The average Bonchev–Trinajstić information content (AvgIpc) is 2.47. The maximum absolute atomic E-state index is 12.7. The smallest absolute Gasteiger partial charge is 0.230 e. The first kappa shape index (κ1) is 12.5. The van der Waals surface area contributed by atoms with E-state index >= 15 is 0 Å². The first-order valence-electron chi connectivity index (χ1n) is 7.40. The number of phenols is 1. The SMILES string of the molecule is O=C(C1Cc2ccccc21)N1CCc2ccc(O)cc2C1. The highest BCUT2D eigenvalue weighted by Gasteiger charge is 2.35. The van der Waals surface area contributed by atoms with E-state index in [4.69, 9.17) is 0 Å². The molecule has 2 aromatic carbocycles. The molecule has 0 saturated heterocycles. The van der Waals surface area contributed by atoms with Gasteiger partial charge in [0.1, 0.15) is 5.75 Å². The van der Waals surface area contributed by atoms with Gasteiger partial charge in [-0.1, -0.05) is 30.3 Å². The molecule has 2 aromatic rings. The van der Waals surface area contributed by atoms with Crippen molar-refractivity contribution in [2.24, 2.45) is 0 Å². The Morgan fingerprint density at radius 3 is 2.81 bits per heavy atom. The van der Waals surface area contributed by atoms with Gasteiger partial charge >= 0.3 is 0 Å². The fourth-order valence-corrected chi connectivity index (χ4v) is 3.43. The Labute approximate surface area is 123 Å². The maximum Gasteiger partial charge on any atom is 0.230 e. The summed E-state index contributed by atoms with van der Waals surface area (Å²) in [6, 6.07) is 13.7. The minimum absolute atomic E-state index is 0.0278. The number of hydrogen-bond donors (Lipinski definition) is 1. The predicted octanol–water partition coefficient (Wildman–Crippen LogP) is 2.62. The van der Waals surface area contributed by atoms with Gasteiger partial charge in [-0.05, 0) is 47.2 Å². The summed E-state index contributed by atoms with van der Waals surface area (Å²) in [6.07, 6.45) is 1.73. The molecule has 0 saturated carbocycles. The van der Waals surface area contributed by atoms with Crippen molar-refractivity contribution in [2.75, 3.05) is 6.54 Å². The van der Waals surface area contributed by atoms with Crippen LogP contribution in [0, 0.1) is 0 Å². The monoisotopic (exact) mass is 279 g/mol. The zero-order valence-electron chi connectivity index (χ0n) is 11.7. The third-order valence-electron chi connectivity index (χ3n) is 4.67. The Kier molecular flexibility index (Phi) is 2.74. The van der Waals surface area contributed by atoms with Gasteiger partial charge in [-0.25, -0.2) is 0 Å². The zero-order valence-corrected chi connectivity index (χ0v) is 11.7. The zero-order chi connectivity index (χ0) is 14.4. The number of hydrogen-bond acceptors (Lipinski definition) is 2. The number of amides is 1. The molecule has 0 fully saturated rings. The lowest BCUT2D eigenvalue weighted by Gasteiger charge is -2.36. The summed E-state index contributed by atoms with van der Waals surface area (Å²) >= 11 is 0. The van der Waals surface area contributed by atoms with E-state index in [2.05, 4.69) is 12.1 Å². The molecule has 21 heavy (non-hydrogen) atoms. The van der Waals surface area contributed by atoms with Crippen LogP contribution in [0.3, 0.4) is 0 Å². The maximum atomic E-state index is 12.7. The Morgan fingerprint density at radius 1 is 1.10 bits per heavy atom. The number of carbonyl (C=O) groups is 1. The molecule has 0 aromatic heterocycles. The standard InChI is InChI=1S/C18H17NO2/c20-15-6-5-12-7-8-19(11-14(12)9-15)18(21)17-10-13-3-1-2-4-16(13)17/h1-6,9,17,20H,7-8,10-11H2. The number of fused-ring (bicyclic) bond motifs is 2. The van der Waals surface area contributed by atoms with Crippen molar-refractivity contribution in [1.82, 2.24) is 4.90 Å². The van der Waals surface area contributed by atoms with Crippen LogP contribution in [-0.2, 0) is 24.2 Å². The molecule has 0 bridgehead atoms. The predicted molar refractivity (Wildman–Crippen MR) is 80.1 cm³/mol. The van der Waals surface area contributed by atoms with E-state index in [0.29, 0.717) is 6.54 Å². The van der Waals surface area contributed by atoms with Crippen molar-refractivity contribution in [2.45, 2.75) is 25.3 Å². The van der Waals surface area contributed by atoms with E-state index in [1.807, 2.05) is 23.1 Å². The molecule has 4 rings (SSSR count). The Hall–Kier alpha value is -2.29. The fraction of sp³-hybridized carbons (Fsp3) is 0.278. The van der Waals surface area contributed by atoms with Crippen LogP contribution in [0.4, 0.5) is 0 Å². The van der Waals surface area contributed by atoms with Crippen LogP contribution in [0.15, 0.2) is 42.5 Å². The van der Waals surface area contributed by atoms with Crippen LogP contribution in [0.5, 0.6) is 5.75 Å². The van der Waals surface area contributed by atoms with E-state index in [1.165, 1.54) is 16.7 Å². The number of rotatable bonds is 1. The third-order valence-corrected chi connectivity index (χ3v) is 4.67. The van der Waals surface area contributed by atoms with Gasteiger partial charge in [-0.15, -0.1) is 0 Å². The molecule has 1 unspecified atom stereocenters. The quantitative estimate of drug-likeness (QED) is 0.871. The lowest BCUT2D eigenvalue weighted by Crippen LogP contribution is -2.42. The van der Waals surface area contributed by atoms with Gasteiger partial charge in [0.2, 0.25) is 5.91 Å². The summed E-state index contributed by atoms with van der Waals surface area (Å²) in [5.74, 6) is 0.528.